The molecule has 13 heteroatoms. The Kier molecular flexibility index (Phi) is 6.11. The number of fused-ring (bicyclic) bond motifs is 2. The van der Waals surface area contributed by atoms with Crippen LogP contribution in [0.4, 0.5) is 17.6 Å². The van der Waals surface area contributed by atoms with Gasteiger partial charge in [0, 0.05) is 50.2 Å². The molecular weight excluding hydrogens is 518 g/mol. The normalized spacial score (nSPS) is 16.4. The van der Waals surface area contributed by atoms with E-state index in [1.807, 2.05) is 11.6 Å². The second-order valence-electron chi connectivity index (χ2n) is 11.0. The molecule has 1 aliphatic heterocycles. The molecule has 1 aliphatic rings. The molecule has 0 bridgehead atoms. The predicted octanol–water partition coefficient (Wildman–Crippen LogP) is 4.61. The molecule has 5 aromatic heterocycles. The highest BCUT2D eigenvalue weighted by molar-refractivity contribution is 6.36. The highest BCUT2D eigenvalue weighted by Crippen LogP contribution is 2.38. The number of nitrogens with zero attached hydrogens (tertiary/aromatic N) is 9. The van der Waals surface area contributed by atoms with Crippen molar-refractivity contribution in [3.63, 3.8) is 0 Å². The van der Waals surface area contributed by atoms with Crippen LogP contribution in [0.3, 0.4) is 0 Å². The number of imidazole rings is 1. The van der Waals surface area contributed by atoms with Gasteiger partial charge in [-0.15, -0.1) is 0 Å². The van der Waals surface area contributed by atoms with Crippen molar-refractivity contribution in [1.82, 2.24) is 43.8 Å². The van der Waals surface area contributed by atoms with E-state index in [9.17, 15) is 0 Å². The zero-order valence-electron chi connectivity index (χ0n) is 22.9. The molecule has 0 saturated carbocycles. The van der Waals surface area contributed by atoms with Gasteiger partial charge in [0.05, 0.1) is 18.4 Å². The minimum absolute atomic E-state index is 0.0572. The standard InChI is InChI=1S/C26H32ClN11O/c1-26(2,3)18-11-19(34-38(18)15-7-9-35(5)14-15)32-25-33-24-22(36(25)6)20(27)16(12-30-24)39-17-13-31-37-10-8-29-23(28-4)21(17)37/h8,10-13,15H,7,9,14H2,1-6H3,(H,28,29)(H,30,32,33,34)/t15-/m1/s1. The first-order chi connectivity index (χ1) is 18.6. The van der Waals surface area contributed by atoms with Crippen molar-refractivity contribution in [1.29, 1.82) is 0 Å². The maximum Gasteiger partial charge on any atom is 0.210 e. The van der Waals surface area contributed by atoms with Gasteiger partial charge in [0.25, 0.3) is 0 Å². The summed E-state index contributed by atoms with van der Waals surface area (Å²) in [6.45, 7) is 8.68. The number of ether oxygens (including phenoxy) is 1. The van der Waals surface area contributed by atoms with Crippen molar-refractivity contribution in [2.75, 3.05) is 37.8 Å². The lowest BCUT2D eigenvalue weighted by molar-refractivity contribution is 0.366. The molecular formula is C26H32ClN11O. The molecule has 0 spiro atoms. The van der Waals surface area contributed by atoms with Crippen LogP contribution in [-0.2, 0) is 12.5 Å². The maximum atomic E-state index is 6.86. The number of hydrogen-bond donors (Lipinski definition) is 2. The number of anilines is 3. The molecule has 0 amide bonds. The van der Waals surface area contributed by atoms with E-state index in [2.05, 4.69) is 69.2 Å². The predicted molar refractivity (Wildman–Crippen MR) is 151 cm³/mol. The highest BCUT2D eigenvalue weighted by atomic mass is 35.5. The number of pyridine rings is 1. The fourth-order valence-electron chi connectivity index (χ4n) is 5.11. The number of aryl methyl sites for hydroxylation is 1. The molecule has 2 N–H and O–H groups in total. The van der Waals surface area contributed by atoms with E-state index in [1.54, 1.807) is 36.4 Å². The van der Waals surface area contributed by atoms with Gasteiger partial charge in [-0.25, -0.2) is 14.5 Å². The van der Waals surface area contributed by atoms with Gasteiger partial charge in [-0.2, -0.15) is 15.2 Å². The summed E-state index contributed by atoms with van der Waals surface area (Å²) in [6, 6.07) is 2.45. The number of halogens is 1. The smallest absolute Gasteiger partial charge is 0.210 e. The number of likely N-dealkylation sites (tertiary alicyclic amines) is 1. The fraction of sp³-hybridized carbons (Fsp3) is 0.423. The van der Waals surface area contributed by atoms with Gasteiger partial charge in [-0.3, -0.25) is 4.68 Å². The van der Waals surface area contributed by atoms with Gasteiger partial charge in [-0.05, 0) is 20.0 Å². The third-order valence-corrected chi connectivity index (χ3v) is 7.48. The van der Waals surface area contributed by atoms with Gasteiger partial charge in [0.15, 0.2) is 34.3 Å². The van der Waals surface area contributed by atoms with Crippen LogP contribution < -0.4 is 15.4 Å². The van der Waals surface area contributed by atoms with Crippen LogP contribution in [0, 0.1) is 0 Å². The Morgan fingerprint density at radius 2 is 1.92 bits per heavy atom. The minimum atomic E-state index is -0.0572. The second kappa shape index (κ2) is 9.38. The lowest BCUT2D eigenvalue weighted by atomic mass is 9.91. The fourth-order valence-corrected chi connectivity index (χ4v) is 5.41. The van der Waals surface area contributed by atoms with Crippen LogP contribution in [0.1, 0.15) is 38.9 Å². The van der Waals surface area contributed by atoms with E-state index in [4.69, 9.17) is 26.4 Å². The van der Waals surface area contributed by atoms with Crippen LogP contribution in [-0.4, -0.2) is 71.0 Å². The number of hydrogen-bond acceptors (Lipinski definition) is 9. The molecule has 12 nitrogen and oxygen atoms in total. The van der Waals surface area contributed by atoms with Crippen LogP contribution >= 0.6 is 11.6 Å². The topological polar surface area (TPSA) is 115 Å². The molecule has 1 fully saturated rings. The quantitative estimate of drug-likeness (QED) is 0.313. The molecule has 0 aliphatic carbocycles. The summed E-state index contributed by atoms with van der Waals surface area (Å²) in [4.78, 5) is 15.9. The minimum Gasteiger partial charge on any atom is -0.450 e. The van der Waals surface area contributed by atoms with E-state index >= 15 is 0 Å². The lowest BCUT2D eigenvalue weighted by Gasteiger charge is -2.23. The molecule has 204 valence electrons. The second-order valence-corrected chi connectivity index (χ2v) is 11.4. The molecule has 0 unspecified atom stereocenters. The summed E-state index contributed by atoms with van der Waals surface area (Å²) >= 11 is 6.86. The number of rotatable bonds is 6. The third kappa shape index (κ3) is 4.43. The van der Waals surface area contributed by atoms with Gasteiger partial charge < -0.3 is 24.8 Å². The zero-order valence-corrected chi connectivity index (χ0v) is 23.7. The number of nitrogens with one attached hydrogen (secondary N) is 2. The number of likely N-dealkylation sites (N-methyl/N-ethyl adjacent to an activating group) is 1. The van der Waals surface area contributed by atoms with E-state index in [-0.39, 0.29) is 5.41 Å². The average Bonchev–Trinajstić information content (AvgIpc) is 3.67. The Balaban J connectivity index is 1.34. The molecule has 0 radical (unpaired) electrons. The summed E-state index contributed by atoms with van der Waals surface area (Å²) in [7, 11) is 5.84. The van der Waals surface area contributed by atoms with Crippen LogP contribution in [0.2, 0.25) is 5.02 Å². The number of aromatic nitrogens is 8. The van der Waals surface area contributed by atoms with Gasteiger partial charge in [0.1, 0.15) is 10.5 Å². The Morgan fingerprint density at radius 3 is 2.64 bits per heavy atom. The Hall–Kier alpha value is -3.90. The molecule has 39 heavy (non-hydrogen) atoms. The first kappa shape index (κ1) is 25.4. The van der Waals surface area contributed by atoms with Crippen molar-refractivity contribution in [2.24, 2.45) is 7.05 Å². The van der Waals surface area contributed by atoms with Crippen molar-refractivity contribution in [3.05, 3.63) is 41.6 Å². The Labute approximate surface area is 231 Å². The molecule has 1 saturated heterocycles. The van der Waals surface area contributed by atoms with Crippen molar-refractivity contribution < 1.29 is 4.74 Å². The van der Waals surface area contributed by atoms with Crippen LogP contribution in [0.25, 0.3) is 16.7 Å². The summed E-state index contributed by atoms with van der Waals surface area (Å²) in [6.07, 6.45) is 7.69. The van der Waals surface area contributed by atoms with Crippen LogP contribution in [0.15, 0.2) is 30.9 Å². The van der Waals surface area contributed by atoms with Gasteiger partial charge >= 0.3 is 0 Å². The summed E-state index contributed by atoms with van der Waals surface area (Å²) in [5.41, 5.74) is 2.97. The molecule has 5 aromatic rings. The maximum absolute atomic E-state index is 6.86. The first-order valence-electron chi connectivity index (χ1n) is 12.9. The van der Waals surface area contributed by atoms with Crippen molar-refractivity contribution in [3.8, 4) is 11.5 Å². The average molecular weight is 550 g/mol. The monoisotopic (exact) mass is 549 g/mol. The summed E-state index contributed by atoms with van der Waals surface area (Å²) in [5.74, 6) is 2.86. The highest BCUT2D eigenvalue weighted by Gasteiger charge is 2.29. The zero-order chi connectivity index (χ0) is 27.5. The van der Waals surface area contributed by atoms with Gasteiger partial charge in [-0.1, -0.05) is 32.4 Å². The van der Waals surface area contributed by atoms with Crippen molar-refractivity contribution >= 4 is 45.9 Å². The largest absolute Gasteiger partial charge is 0.450 e. The van der Waals surface area contributed by atoms with Crippen LogP contribution in [0.5, 0.6) is 11.5 Å². The first-order valence-corrected chi connectivity index (χ1v) is 13.3. The Morgan fingerprint density at radius 1 is 1.10 bits per heavy atom. The summed E-state index contributed by atoms with van der Waals surface area (Å²) in [5, 5.41) is 16.2. The van der Waals surface area contributed by atoms with E-state index in [0.29, 0.717) is 51.0 Å². The van der Waals surface area contributed by atoms with E-state index in [0.717, 1.165) is 25.3 Å². The van der Waals surface area contributed by atoms with E-state index < -0.39 is 0 Å². The summed E-state index contributed by atoms with van der Waals surface area (Å²) < 4.78 is 11.9. The molecule has 6 rings (SSSR count). The lowest BCUT2D eigenvalue weighted by Crippen LogP contribution is -2.24. The third-order valence-electron chi connectivity index (χ3n) is 7.12. The Bertz CT molecular complexity index is 1680. The molecule has 6 heterocycles. The SMILES string of the molecule is CNc1nccn2ncc(Oc3cnc4nc(Nc5cc(C(C)(C)C)n([C@@H]6CCN(C)C6)n5)n(C)c4c3Cl)c12. The van der Waals surface area contributed by atoms with Crippen molar-refractivity contribution in [2.45, 2.75) is 38.6 Å². The van der Waals surface area contributed by atoms with Gasteiger partial charge in [0.2, 0.25) is 5.95 Å². The van der Waals surface area contributed by atoms with E-state index in [1.165, 1.54) is 5.69 Å². The molecule has 1 atom stereocenters. The molecule has 0 aromatic carbocycles.